The van der Waals surface area contributed by atoms with E-state index in [-0.39, 0.29) is 37.0 Å². The molecule has 1 saturated carbocycles. The number of anilines is 1. The molecule has 2 aliphatic rings. The van der Waals surface area contributed by atoms with Crippen LogP contribution >= 0.6 is 23.2 Å². The standard InChI is InChI=1S/C30H29Cl2N3O5/c1-16-4-3-5-23(31)25(16)26(33)21(27(36)18-6-7-18)13-40-20-8-9-22(24(32)11-20)30(39)14-35(15-30)28-17(2)10-19(12-34-28)29(37)38/h3-5,8-12,18,39H,6-7,13-15,33H2,1-2H3,(H,37,38). The van der Waals surface area contributed by atoms with Crippen molar-refractivity contribution in [1.29, 1.82) is 0 Å². The van der Waals surface area contributed by atoms with E-state index in [0.29, 0.717) is 49.6 Å². The number of nitrogens with two attached hydrogens (primary N) is 1. The molecular formula is C30H29Cl2N3O5. The van der Waals surface area contributed by atoms with Gasteiger partial charge in [0, 0.05) is 23.2 Å². The van der Waals surface area contributed by atoms with Gasteiger partial charge >= 0.3 is 5.97 Å². The van der Waals surface area contributed by atoms with E-state index in [2.05, 4.69) is 4.98 Å². The molecule has 2 aromatic carbocycles. The van der Waals surface area contributed by atoms with E-state index < -0.39 is 11.6 Å². The Morgan fingerprint density at radius 2 is 1.82 bits per heavy atom. The van der Waals surface area contributed by atoms with Crippen LogP contribution in [0.4, 0.5) is 5.82 Å². The SMILES string of the molecule is Cc1cc(C(=O)O)cnc1N1CC(O)(c2ccc(OCC(C(=O)C3CC3)=C(N)c3c(C)cccc3Cl)cc2Cl)C1. The zero-order valence-corrected chi connectivity index (χ0v) is 23.6. The highest BCUT2D eigenvalue weighted by atomic mass is 35.5. The lowest BCUT2D eigenvalue weighted by atomic mass is 9.85. The van der Waals surface area contributed by atoms with Crippen molar-refractivity contribution >= 4 is 46.5 Å². The van der Waals surface area contributed by atoms with Gasteiger partial charge in [-0.1, -0.05) is 41.4 Å². The van der Waals surface area contributed by atoms with Crippen molar-refractivity contribution in [3.63, 3.8) is 0 Å². The van der Waals surface area contributed by atoms with Gasteiger partial charge in [0.15, 0.2) is 5.78 Å². The van der Waals surface area contributed by atoms with Crippen LogP contribution < -0.4 is 15.4 Å². The molecule has 208 valence electrons. The van der Waals surface area contributed by atoms with Gasteiger partial charge in [-0.2, -0.15) is 0 Å². The fourth-order valence-corrected chi connectivity index (χ4v) is 5.71. The second-order valence-corrected chi connectivity index (χ2v) is 11.3. The van der Waals surface area contributed by atoms with Crippen LogP contribution in [-0.2, 0) is 10.4 Å². The molecule has 8 nitrogen and oxygen atoms in total. The monoisotopic (exact) mass is 581 g/mol. The molecule has 2 heterocycles. The average Bonchev–Trinajstić information content (AvgIpc) is 3.72. The van der Waals surface area contributed by atoms with E-state index in [1.807, 2.05) is 24.0 Å². The summed E-state index contributed by atoms with van der Waals surface area (Å²) in [5.41, 5.74) is 8.81. The molecule has 0 bridgehead atoms. The Morgan fingerprint density at radius 3 is 2.42 bits per heavy atom. The van der Waals surface area contributed by atoms with Gasteiger partial charge in [0.25, 0.3) is 0 Å². The minimum absolute atomic E-state index is 0.0382. The van der Waals surface area contributed by atoms with Gasteiger partial charge in [0.05, 0.1) is 40.0 Å². The van der Waals surface area contributed by atoms with Crippen molar-refractivity contribution in [3.05, 3.63) is 92.1 Å². The number of ether oxygens (including phenoxy) is 1. The zero-order valence-electron chi connectivity index (χ0n) is 22.1. The molecule has 40 heavy (non-hydrogen) atoms. The Labute approximate surface area is 242 Å². The number of hydrogen-bond acceptors (Lipinski definition) is 7. The minimum atomic E-state index is -1.21. The van der Waals surface area contributed by atoms with Crippen molar-refractivity contribution in [2.45, 2.75) is 32.3 Å². The van der Waals surface area contributed by atoms with Crippen LogP contribution in [0.5, 0.6) is 5.75 Å². The zero-order chi connectivity index (χ0) is 28.8. The quantitative estimate of drug-likeness (QED) is 0.296. The van der Waals surface area contributed by atoms with Gasteiger partial charge in [-0.3, -0.25) is 4.79 Å². The van der Waals surface area contributed by atoms with Gasteiger partial charge < -0.3 is 25.6 Å². The molecule has 0 unspecified atom stereocenters. The van der Waals surface area contributed by atoms with Crippen molar-refractivity contribution in [1.82, 2.24) is 4.98 Å². The van der Waals surface area contributed by atoms with Crippen LogP contribution in [0.25, 0.3) is 5.70 Å². The van der Waals surface area contributed by atoms with Gasteiger partial charge in [0.2, 0.25) is 0 Å². The molecule has 3 aromatic rings. The summed E-state index contributed by atoms with van der Waals surface area (Å²) in [5, 5.41) is 21.2. The summed E-state index contributed by atoms with van der Waals surface area (Å²) in [5.74, 6) is -0.0989. The molecule has 0 atom stereocenters. The second kappa shape index (κ2) is 10.8. The molecule has 2 fully saturated rings. The van der Waals surface area contributed by atoms with Crippen LogP contribution in [0.1, 0.15) is 45.5 Å². The molecular weight excluding hydrogens is 553 g/mol. The Hall–Kier alpha value is -3.59. The number of ketones is 1. The first-order valence-electron chi connectivity index (χ1n) is 12.9. The number of carboxylic acids is 1. The number of halogens is 2. The van der Waals surface area contributed by atoms with Gasteiger partial charge in [-0.05, 0) is 62.1 Å². The largest absolute Gasteiger partial charge is 0.489 e. The fraction of sp³-hybridized carbons (Fsp3) is 0.300. The first-order chi connectivity index (χ1) is 19.0. The Bertz CT molecular complexity index is 1520. The third-order valence-corrected chi connectivity index (χ3v) is 8.02. The molecule has 0 spiro atoms. The second-order valence-electron chi connectivity index (χ2n) is 10.5. The third-order valence-electron chi connectivity index (χ3n) is 7.39. The number of aliphatic hydroxyl groups is 1. The number of aryl methyl sites for hydroxylation is 2. The lowest BCUT2D eigenvalue weighted by Gasteiger charge is -2.48. The minimum Gasteiger partial charge on any atom is -0.489 e. The summed E-state index contributed by atoms with van der Waals surface area (Å²) in [6, 6.07) is 12.0. The van der Waals surface area contributed by atoms with E-state index >= 15 is 0 Å². The van der Waals surface area contributed by atoms with Crippen LogP contribution in [0.3, 0.4) is 0 Å². The summed E-state index contributed by atoms with van der Waals surface area (Å²) < 4.78 is 5.99. The Balaban J connectivity index is 1.32. The topological polar surface area (TPSA) is 126 Å². The molecule has 1 saturated heterocycles. The number of hydrogen-bond donors (Lipinski definition) is 3. The van der Waals surface area contributed by atoms with Gasteiger partial charge in [0.1, 0.15) is 23.8 Å². The maximum atomic E-state index is 13.1. The van der Waals surface area contributed by atoms with E-state index in [9.17, 15) is 14.7 Å². The first kappa shape index (κ1) is 28.0. The molecule has 1 aliphatic carbocycles. The number of carbonyl (C=O) groups excluding carboxylic acids is 1. The van der Waals surface area contributed by atoms with Crippen LogP contribution in [0.15, 0.2) is 54.2 Å². The summed E-state index contributed by atoms with van der Waals surface area (Å²) >= 11 is 13.0. The number of rotatable bonds is 9. The number of Topliss-reactive ketones (excluding diaryl/α,β-unsaturated/α-hetero) is 1. The predicted molar refractivity (Wildman–Crippen MR) is 154 cm³/mol. The van der Waals surface area contributed by atoms with Gasteiger partial charge in [-0.15, -0.1) is 0 Å². The molecule has 5 rings (SSSR count). The number of benzene rings is 2. The lowest BCUT2D eigenvalue weighted by molar-refractivity contribution is -0.116. The molecule has 1 aliphatic heterocycles. The Morgan fingerprint density at radius 1 is 1.10 bits per heavy atom. The number of pyridine rings is 1. The summed E-state index contributed by atoms with van der Waals surface area (Å²) in [6.07, 6.45) is 2.95. The fourth-order valence-electron chi connectivity index (χ4n) is 5.04. The molecule has 4 N–H and O–H groups in total. The highest BCUT2D eigenvalue weighted by Crippen LogP contribution is 2.40. The number of carboxylic acid groups (broad SMARTS) is 1. The van der Waals surface area contributed by atoms with Crippen LogP contribution in [0.2, 0.25) is 10.0 Å². The van der Waals surface area contributed by atoms with E-state index in [4.69, 9.17) is 38.8 Å². The number of aromatic nitrogens is 1. The predicted octanol–water partition coefficient (Wildman–Crippen LogP) is 5.14. The van der Waals surface area contributed by atoms with Crippen LogP contribution in [-0.4, -0.2) is 46.6 Å². The highest BCUT2D eigenvalue weighted by molar-refractivity contribution is 6.32. The smallest absolute Gasteiger partial charge is 0.337 e. The summed E-state index contributed by atoms with van der Waals surface area (Å²) in [7, 11) is 0. The number of β-amino-alcohol motifs (C(OH)–C–C–N with tert-alkyl or cyclic N) is 1. The molecule has 0 amide bonds. The van der Waals surface area contributed by atoms with Crippen molar-refractivity contribution < 1.29 is 24.5 Å². The van der Waals surface area contributed by atoms with E-state index in [0.717, 1.165) is 18.4 Å². The summed E-state index contributed by atoms with van der Waals surface area (Å²) in [4.78, 5) is 30.5. The van der Waals surface area contributed by atoms with Gasteiger partial charge in [-0.25, -0.2) is 9.78 Å². The van der Waals surface area contributed by atoms with E-state index in [1.165, 1.54) is 6.20 Å². The number of carbonyl (C=O) groups is 2. The number of aromatic carboxylic acids is 1. The molecule has 1 aromatic heterocycles. The van der Waals surface area contributed by atoms with Crippen LogP contribution in [0, 0.1) is 19.8 Å². The third kappa shape index (κ3) is 5.39. The van der Waals surface area contributed by atoms with Crippen molar-refractivity contribution in [3.8, 4) is 5.75 Å². The molecule has 10 heteroatoms. The molecule has 0 radical (unpaired) electrons. The first-order valence-corrected chi connectivity index (χ1v) is 13.6. The maximum absolute atomic E-state index is 13.1. The average molecular weight is 582 g/mol. The van der Waals surface area contributed by atoms with Crippen molar-refractivity contribution in [2.75, 3.05) is 24.6 Å². The Kier molecular flexibility index (Phi) is 7.52. The summed E-state index contributed by atoms with van der Waals surface area (Å²) in [6.45, 7) is 4.10. The normalized spacial score (nSPS) is 16.7. The highest BCUT2D eigenvalue weighted by Gasteiger charge is 2.45. The number of nitrogens with zero attached hydrogens (tertiary/aromatic N) is 2. The van der Waals surface area contributed by atoms with E-state index in [1.54, 1.807) is 37.3 Å². The van der Waals surface area contributed by atoms with Crippen molar-refractivity contribution in [2.24, 2.45) is 11.7 Å². The maximum Gasteiger partial charge on any atom is 0.337 e. The lowest BCUT2D eigenvalue weighted by Crippen LogP contribution is -2.60.